The Morgan fingerprint density at radius 1 is 1.23 bits per heavy atom. The predicted molar refractivity (Wildman–Crippen MR) is 102 cm³/mol. The van der Waals surface area contributed by atoms with Crippen LogP contribution in [-0.4, -0.2) is 38.3 Å². The first kappa shape index (κ1) is 16.5. The maximum atomic E-state index is 11.2. The number of carbonyl (C=O) groups is 1. The number of nitrogen functional groups attached to an aromatic ring is 1. The molecule has 0 unspecified atom stereocenters. The van der Waals surface area contributed by atoms with E-state index in [4.69, 9.17) is 5.73 Å². The van der Waals surface area contributed by atoms with Gasteiger partial charge in [0.25, 0.3) is 0 Å². The Kier molecular flexibility index (Phi) is 4.30. The van der Waals surface area contributed by atoms with Gasteiger partial charge >= 0.3 is 0 Å². The average molecular weight is 350 g/mol. The SMILES string of the molecule is CC(=O)Nc1cn2cc(-c3cnc(N)c(CN4CCCC4)c3)ccc2n1. The number of pyridine rings is 2. The highest BCUT2D eigenvalue weighted by atomic mass is 16.1. The molecule has 4 rings (SSSR count). The number of likely N-dealkylation sites (tertiary alicyclic amines) is 1. The monoisotopic (exact) mass is 350 g/mol. The summed E-state index contributed by atoms with van der Waals surface area (Å²) in [6.07, 6.45) is 8.09. The highest BCUT2D eigenvalue weighted by molar-refractivity contribution is 5.87. The predicted octanol–water partition coefficient (Wildman–Crippen LogP) is 2.53. The maximum absolute atomic E-state index is 11.2. The molecule has 26 heavy (non-hydrogen) atoms. The van der Waals surface area contributed by atoms with Gasteiger partial charge in [-0.1, -0.05) is 0 Å². The molecule has 1 aliphatic rings. The smallest absolute Gasteiger partial charge is 0.222 e. The fourth-order valence-electron chi connectivity index (χ4n) is 3.39. The van der Waals surface area contributed by atoms with Crippen molar-refractivity contribution in [1.29, 1.82) is 0 Å². The van der Waals surface area contributed by atoms with E-state index in [0.717, 1.165) is 42.0 Å². The fourth-order valence-corrected chi connectivity index (χ4v) is 3.39. The largest absolute Gasteiger partial charge is 0.383 e. The lowest BCUT2D eigenvalue weighted by Crippen LogP contribution is -2.19. The van der Waals surface area contributed by atoms with E-state index in [1.807, 2.05) is 22.7 Å². The van der Waals surface area contributed by atoms with E-state index >= 15 is 0 Å². The minimum atomic E-state index is -0.136. The van der Waals surface area contributed by atoms with Crippen molar-refractivity contribution in [3.05, 3.63) is 42.4 Å². The van der Waals surface area contributed by atoms with Gasteiger partial charge in [0.05, 0.1) is 6.20 Å². The Balaban J connectivity index is 1.64. The van der Waals surface area contributed by atoms with Gasteiger partial charge in [-0.25, -0.2) is 9.97 Å². The van der Waals surface area contributed by atoms with E-state index in [2.05, 4.69) is 26.3 Å². The summed E-state index contributed by atoms with van der Waals surface area (Å²) in [6, 6.07) is 6.05. The van der Waals surface area contributed by atoms with Crippen LogP contribution in [0.3, 0.4) is 0 Å². The molecule has 1 amide bonds. The Morgan fingerprint density at radius 3 is 2.81 bits per heavy atom. The second-order valence-corrected chi connectivity index (χ2v) is 6.74. The number of fused-ring (bicyclic) bond motifs is 1. The zero-order valence-electron chi connectivity index (χ0n) is 14.8. The third kappa shape index (κ3) is 3.39. The normalized spacial score (nSPS) is 14.8. The first-order chi connectivity index (χ1) is 12.6. The number of carbonyl (C=O) groups excluding carboxylic acids is 1. The first-order valence-corrected chi connectivity index (χ1v) is 8.82. The summed E-state index contributed by atoms with van der Waals surface area (Å²) in [5.74, 6) is 1.00. The number of rotatable bonds is 4. The summed E-state index contributed by atoms with van der Waals surface area (Å²) >= 11 is 0. The summed E-state index contributed by atoms with van der Waals surface area (Å²) in [5.41, 5.74) is 9.98. The molecule has 7 nitrogen and oxygen atoms in total. The van der Waals surface area contributed by atoms with E-state index in [1.165, 1.54) is 19.8 Å². The molecular formula is C19H22N6O. The van der Waals surface area contributed by atoms with Gasteiger partial charge in [-0.3, -0.25) is 9.69 Å². The minimum Gasteiger partial charge on any atom is -0.383 e. The number of anilines is 2. The summed E-state index contributed by atoms with van der Waals surface area (Å²) in [7, 11) is 0. The van der Waals surface area contributed by atoms with Crippen LogP contribution in [0, 0.1) is 0 Å². The van der Waals surface area contributed by atoms with Gasteiger partial charge in [0, 0.05) is 42.6 Å². The number of aromatic nitrogens is 3. The lowest BCUT2D eigenvalue weighted by Gasteiger charge is -2.16. The standard InChI is InChI=1S/C19H22N6O/c1-13(26)22-17-12-25-11-14(4-5-18(25)23-17)15-8-16(19(20)21-9-15)10-24-6-2-3-7-24/h4-5,8-9,11-12H,2-3,6-7,10H2,1H3,(H2,20,21)(H,22,26). The summed E-state index contributed by atoms with van der Waals surface area (Å²) in [4.78, 5) is 22.4. The van der Waals surface area contributed by atoms with Crippen LogP contribution in [0.5, 0.6) is 0 Å². The number of amides is 1. The highest BCUT2D eigenvalue weighted by Gasteiger charge is 2.14. The van der Waals surface area contributed by atoms with Gasteiger partial charge in [0.1, 0.15) is 11.5 Å². The van der Waals surface area contributed by atoms with Crippen molar-refractivity contribution in [2.75, 3.05) is 24.1 Å². The van der Waals surface area contributed by atoms with E-state index in [1.54, 1.807) is 12.4 Å². The van der Waals surface area contributed by atoms with Crippen LogP contribution >= 0.6 is 0 Å². The highest BCUT2D eigenvalue weighted by Crippen LogP contribution is 2.25. The molecule has 1 aliphatic heterocycles. The second-order valence-electron chi connectivity index (χ2n) is 6.74. The Labute approximate surface area is 151 Å². The quantitative estimate of drug-likeness (QED) is 0.755. The topological polar surface area (TPSA) is 88.5 Å². The first-order valence-electron chi connectivity index (χ1n) is 8.82. The Bertz CT molecular complexity index is 958. The van der Waals surface area contributed by atoms with Crippen molar-refractivity contribution < 1.29 is 4.79 Å². The number of nitrogens with zero attached hydrogens (tertiary/aromatic N) is 4. The van der Waals surface area contributed by atoms with Gasteiger partial charge in [-0.05, 0) is 44.1 Å². The molecule has 0 spiro atoms. The van der Waals surface area contributed by atoms with E-state index in [0.29, 0.717) is 11.6 Å². The molecule has 0 atom stereocenters. The summed E-state index contributed by atoms with van der Waals surface area (Å²) in [5, 5.41) is 2.71. The molecule has 0 aromatic carbocycles. The average Bonchev–Trinajstić information content (AvgIpc) is 3.24. The van der Waals surface area contributed by atoms with Gasteiger partial charge in [-0.2, -0.15) is 0 Å². The van der Waals surface area contributed by atoms with E-state index in [-0.39, 0.29) is 5.91 Å². The van der Waals surface area contributed by atoms with Crippen LogP contribution in [0.25, 0.3) is 16.8 Å². The summed E-state index contributed by atoms with van der Waals surface area (Å²) in [6.45, 7) is 4.55. The second kappa shape index (κ2) is 6.76. The number of hydrogen-bond donors (Lipinski definition) is 2. The van der Waals surface area contributed by atoms with Crippen molar-refractivity contribution in [2.45, 2.75) is 26.3 Å². The zero-order valence-corrected chi connectivity index (χ0v) is 14.8. The molecule has 0 saturated carbocycles. The molecule has 134 valence electrons. The van der Waals surface area contributed by atoms with Crippen LogP contribution < -0.4 is 11.1 Å². The van der Waals surface area contributed by atoms with Gasteiger partial charge in [0.15, 0.2) is 5.82 Å². The number of nitrogens with one attached hydrogen (secondary N) is 1. The molecule has 3 aromatic heterocycles. The van der Waals surface area contributed by atoms with E-state index < -0.39 is 0 Å². The van der Waals surface area contributed by atoms with Crippen molar-refractivity contribution in [3.63, 3.8) is 0 Å². The van der Waals surface area contributed by atoms with Crippen molar-refractivity contribution in [3.8, 4) is 11.1 Å². The molecular weight excluding hydrogens is 328 g/mol. The molecule has 4 heterocycles. The molecule has 1 saturated heterocycles. The van der Waals surface area contributed by atoms with Crippen molar-refractivity contribution in [1.82, 2.24) is 19.3 Å². The summed E-state index contributed by atoms with van der Waals surface area (Å²) < 4.78 is 1.90. The van der Waals surface area contributed by atoms with Crippen LogP contribution in [-0.2, 0) is 11.3 Å². The molecule has 0 bridgehead atoms. The van der Waals surface area contributed by atoms with Gasteiger partial charge < -0.3 is 15.5 Å². The molecule has 0 radical (unpaired) electrons. The lowest BCUT2D eigenvalue weighted by atomic mass is 10.1. The van der Waals surface area contributed by atoms with E-state index in [9.17, 15) is 4.79 Å². The Hall–Kier alpha value is -2.93. The van der Waals surface area contributed by atoms with Crippen molar-refractivity contribution in [2.24, 2.45) is 0 Å². The van der Waals surface area contributed by atoms with Crippen LogP contribution in [0.2, 0.25) is 0 Å². The minimum absolute atomic E-state index is 0.136. The molecule has 0 aliphatic carbocycles. The molecule has 1 fully saturated rings. The molecule has 3 aromatic rings. The number of nitrogens with two attached hydrogens (primary N) is 1. The van der Waals surface area contributed by atoms with Crippen molar-refractivity contribution >= 4 is 23.2 Å². The van der Waals surface area contributed by atoms with Gasteiger partial charge in [-0.15, -0.1) is 0 Å². The van der Waals surface area contributed by atoms with Crippen LogP contribution in [0.4, 0.5) is 11.6 Å². The lowest BCUT2D eigenvalue weighted by molar-refractivity contribution is -0.114. The fraction of sp³-hybridized carbons (Fsp3) is 0.316. The van der Waals surface area contributed by atoms with Gasteiger partial charge in [0.2, 0.25) is 5.91 Å². The third-order valence-corrected chi connectivity index (χ3v) is 4.68. The Morgan fingerprint density at radius 2 is 2.04 bits per heavy atom. The molecule has 7 heteroatoms. The zero-order chi connectivity index (χ0) is 18.1. The molecule has 3 N–H and O–H groups in total. The maximum Gasteiger partial charge on any atom is 0.222 e. The number of hydrogen-bond acceptors (Lipinski definition) is 5. The van der Waals surface area contributed by atoms with Crippen LogP contribution in [0.1, 0.15) is 25.3 Å². The number of imidazole rings is 1. The third-order valence-electron chi connectivity index (χ3n) is 4.68. The van der Waals surface area contributed by atoms with Crippen LogP contribution in [0.15, 0.2) is 36.8 Å².